The van der Waals surface area contributed by atoms with E-state index in [1.165, 1.54) is 19.2 Å². The molecular formula is C12H15FO2. The van der Waals surface area contributed by atoms with Crippen LogP contribution in [0.25, 0.3) is 0 Å². The van der Waals surface area contributed by atoms with Crippen LogP contribution in [-0.2, 0) is 9.53 Å². The van der Waals surface area contributed by atoms with Crippen molar-refractivity contribution in [3.63, 3.8) is 0 Å². The van der Waals surface area contributed by atoms with E-state index in [1.807, 2.05) is 13.8 Å². The third kappa shape index (κ3) is 2.78. The lowest BCUT2D eigenvalue weighted by Gasteiger charge is -2.18. The second-order valence-corrected chi connectivity index (χ2v) is 3.80. The second kappa shape index (κ2) is 4.91. The fourth-order valence-electron chi connectivity index (χ4n) is 1.59. The molecule has 0 aliphatic carbocycles. The Balaban J connectivity index is 2.99. The van der Waals surface area contributed by atoms with Crippen molar-refractivity contribution in [2.75, 3.05) is 7.11 Å². The fourth-order valence-corrected chi connectivity index (χ4v) is 1.59. The van der Waals surface area contributed by atoms with E-state index in [0.29, 0.717) is 0 Å². The van der Waals surface area contributed by atoms with Crippen LogP contribution in [0.5, 0.6) is 0 Å². The van der Waals surface area contributed by atoms with E-state index in [-0.39, 0.29) is 23.6 Å². The Bertz CT molecular complexity index is 330. The van der Waals surface area contributed by atoms with Crippen molar-refractivity contribution < 1.29 is 13.9 Å². The van der Waals surface area contributed by atoms with Gasteiger partial charge >= 0.3 is 5.97 Å². The smallest absolute Gasteiger partial charge is 0.313 e. The molecule has 2 nitrogen and oxygen atoms in total. The van der Waals surface area contributed by atoms with Crippen LogP contribution in [0, 0.1) is 11.7 Å². The third-order valence-electron chi connectivity index (χ3n) is 2.35. The monoisotopic (exact) mass is 210 g/mol. The molecule has 0 fully saturated rings. The molecule has 1 atom stereocenters. The molecule has 0 aliphatic rings. The molecule has 1 aromatic rings. The zero-order valence-corrected chi connectivity index (χ0v) is 9.16. The summed E-state index contributed by atoms with van der Waals surface area (Å²) in [6.07, 6.45) is 0. The summed E-state index contributed by atoms with van der Waals surface area (Å²) in [6, 6.07) is 5.95. The second-order valence-electron chi connectivity index (χ2n) is 3.80. The van der Waals surface area contributed by atoms with Gasteiger partial charge in [-0.1, -0.05) is 26.0 Å². The first-order valence-corrected chi connectivity index (χ1v) is 4.89. The molecule has 3 heteroatoms. The Hall–Kier alpha value is -1.38. The summed E-state index contributed by atoms with van der Waals surface area (Å²) in [5, 5.41) is 0. The average molecular weight is 210 g/mol. The topological polar surface area (TPSA) is 26.3 Å². The molecule has 1 unspecified atom stereocenters. The molecule has 0 heterocycles. The standard InChI is InChI=1S/C12H15FO2/c1-8(2)11(12(14)15-3)9-4-6-10(13)7-5-9/h4-8,11H,1-3H3. The van der Waals surface area contributed by atoms with Crippen molar-refractivity contribution in [3.8, 4) is 0 Å². The average Bonchev–Trinajstić information content (AvgIpc) is 2.20. The van der Waals surface area contributed by atoms with Gasteiger partial charge in [0.05, 0.1) is 13.0 Å². The number of carbonyl (C=O) groups excluding carboxylic acids is 1. The lowest BCUT2D eigenvalue weighted by Crippen LogP contribution is -2.19. The molecule has 0 bridgehead atoms. The molecule has 0 saturated heterocycles. The maximum atomic E-state index is 12.7. The van der Waals surface area contributed by atoms with Crippen molar-refractivity contribution in [2.45, 2.75) is 19.8 Å². The van der Waals surface area contributed by atoms with Crippen molar-refractivity contribution >= 4 is 5.97 Å². The minimum Gasteiger partial charge on any atom is -0.469 e. The predicted molar refractivity (Wildman–Crippen MR) is 56.0 cm³/mol. The van der Waals surface area contributed by atoms with Crippen molar-refractivity contribution in [2.24, 2.45) is 5.92 Å². The highest BCUT2D eigenvalue weighted by molar-refractivity contribution is 5.78. The number of benzene rings is 1. The van der Waals surface area contributed by atoms with E-state index < -0.39 is 0 Å². The van der Waals surface area contributed by atoms with Crippen LogP contribution in [-0.4, -0.2) is 13.1 Å². The van der Waals surface area contributed by atoms with Crippen LogP contribution in [0.3, 0.4) is 0 Å². The summed E-state index contributed by atoms with van der Waals surface area (Å²) in [7, 11) is 1.36. The third-order valence-corrected chi connectivity index (χ3v) is 2.35. The summed E-state index contributed by atoms with van der Waals surface area (Å²) in [4.78, 5) is 11.5. The molecule has 0 aliphatic heterocycles. The Morgan fingerprint density at radius 2 is 1.80 bits per heavy atom. The number of rotatable bonds is 3. The van der Waals surface area contributed by atoms with Gasteiger partial charge < -0.3 is 4.74 Å². The lowest BCUT2D eigenvalue weighted by atomic mass is 9.88. The van der Waals surface area contributed by atoms with E-state index in [4.69, 9.17) is 4.74 Å². The van der Waals surface area contributed by atoms with E-state index in [1.54, 1.807) is 12.1 Å². The summed E-state index contributed by atoms with van der Waals surface area (Å²) in [5.74, 6) is -0.777. The van der Waals surface area contributed by atoms with Crippen molar-refractivity contribution in [1.82, 2.24) is 0 Å². The molecule has 0 radical (unpaired) electrons. The van der Waals surface area contributed by atoms with Crippen LogP contribution in [0.1, 0.15) is 25.3 Å². The normalized spacial score (nSPS) is 12.6. The van der Waals surface area contributed by atoms with Crippen LogP contribution in [0.4, 0.5) is 4.39 Å². The summed E-state index contributed by atoms with van der Waals surface area (Å²) < 4.78 is 17.4. The van der Waals surface area contributed by atoms with Crippen LogP contribution < -0.4 is 0 Å². The fraction of sp³-hybridized carbons (Fsp3) is 0.417. The van der Waals surface area contributed by atoms with Gasteiger partial charge in [-0.15, -0.1) is 0 Å². The van der Waals surface area contributed by atoms with E-state index in [9.17, 15) is 9.18 Å². The van der Waals surface area contributed by atoms with Gasteiger partial charge in [-0.25, -0.2) is 4.39 Å². The highest BCUT2D eigenvalue weighted by Crippen LogP contribution is 2.25. The number of esters is 1. The Morgan fingerprint density at radius 1 is 1.27 bits per heavy atom. The minimum atomic E-state index is -0.324. The number of methoxy groups -OCH3 is 1. The van der Waals surface area contributed by atoms with Gasteiger partial charge in [-0.2, -0.15) is 0 Å². The summed E-state index contributed by atoms with van der Waals surface area (Å²) in [6.45, 7) is 3.87. The van der Waals surface area contributed by atoms with Gasteiger partial charge in [-0.05, 0) is 23.6 Å². The van der Waals surface area contributed by atoms with Crippen LogP contribution in [0.2, 0.25) is 0 Å². The van der Waals surface area contributed by atoms with Gasteiger partial charge in [0.2, 0.25) is 0 Å². The molecule has 0 amide bonds. The number of hydrogen-bond donors (Lipinski definition) is 0. The lowest BCUT2D eigenvalue weighted by molar-refractivity contribution is -0.143. The molecule has 0 aromatic heterocycles. The molecule has 15 heavy (non-hydrogen) atoms. The van der Waals surface area contributed by atoms with Gasteiger partial charge in [0.1, 0.15) is 5.82 Å². The molecule has 0 saturated carbocycles. The Kier molecular flexibility index (Phi) is 3.83. The number of ether oxygens (including phenoxy) is 1. The predicted octanol–water partition coefficient (Wildman–Crippen LogP) is 2.74. The molecule has 1 rings (SSSR count). The number of carbonyl (C=O) groups is 1. The molecule has 1 aromatic carbocycles. The summed E-state index contributed by atoms with van der Waals surface area (Å²) >= 11 is 0. The quantitative estimate of drug-likeness (QED) is 0.717. The van der Waals surface area contributed by atoms with Crippen molar-refractivity contribution in [1.29, 1.82) is 0 Å². The first kappa shape index (κ1) is 11.7. The van der Waals surface area contributed by atoms with Crippen LogP contribution >= 0.6 is 0 Å². The Labute approximate surface area is 89.1 Å². The van der Waals surface area contributed by atoms with E-state index in [2.05, 4.69) is 0 Å². The largest absolute Gasteiger partial charge is 0.469 e. The first-order chi connectivity index (χ1) is 7.06. The van der Waals surface area contributed by atoms with Crippen LogP contribution in [0.15, 0.2) is 24.3 Å². The minimum absolute atomic E-state index is 0.128. The van der Waals surface area contributed by atoms with E-state index >= 15 is 0 Å². The Morgan fingerprint density at radius 3 is 2.20 bits per heavy atom. The highest BCUT2D eigenvalue weighted by Gasteiger charge is 2.24. The maximum absolute atomic E-state index is 12.7. The molecular weight excluding hydrogens is 195 g/mol. The van der Waals surface area contributed by atoms with Crippen molar-refractivity contribution in [3.05, 3.63) is 35.6 Å². The molecule has 0 spiro atoms. The van der Waals surface area contributed by atoms with E-state index in [0.717, 1.165) is 5.56 Å². The van der Waals surface area contributed by atoms with Gasteiger partial charge in [0, 0.05) is 0 Å². The zero-order valence-electron chi connectivity index (χ0n) is 9.16. The van der Waals surface area contributed by atoms with Gasteiger partial charge in [0.15, 0.2) is 0 Å². The molecule has 82 valence electrons. The first-order valence-electron chi connectivity index (χ1n) is 4.89. The van der Waals surface area contributed by atoms with Gasteiger partial charge in [0.25, 0.3) is 0 Å². The summed E-state index contributed by atoms with van der Waals surface area (Å²) in [5.41, 5.74) is 0.790. The number of halogens is 1. The number of hydrogen-bond acceptors (Lipinski definition) is 2. The highest BCUT2D eigenvalue weighted by atomic mass is 19.1. The maximum Gasteiger partial charge on any atom is 0.313 e. The zero-order chi connectivity index (χ0) is 11.4. The molecule has 0 N–H and O–H groups in total. The van der Waals surface area contributed by atoms with Gasteiger partial charge in [-0.3, -0.25) is 4.79 Å². The SMILES string of the molecule is COC(=O)C(c1ccc(F)cc1)C(C)C.